The van der Waals surface area contributed by atoms with E-state index in [2.05, 4.69) is 5.32 Å². The van der Waals surface area contributed by atoms with Crippen LogP contribution in [0.3, 0.4) is 0 Å². The number of sulfone groups is 1. The van der Waals surface area contributed by atoms with Crippen molar-refractivity contribution < 1.29 is 27.8 Å². The Morgan fingerprint density at radius 1 is 1.22 bits per heavy atom. The van der Waals surface area contributed by atoms with Gasteiger partial charge in [-0.15, -0.1) is 0 Å². The predicted octanol–water partition coefficient (Wildman–Crippen LogP) is 1.72. The standard InChI is InChI=1S/C15H19N3O8S/c1-15(2,3)26-14(19)5-4-8-16-10-27(24,25)13-7-6-11(17(20)21)9-12(13)18(22)23/h4-7,9,16H,8,10H2,1-3H3. The molecule has 0 aromatic heterocycles. The van der Waals surface area contributed by atoms with Crippen LogP contribution in [0.4, 0.5) is 11.4 Å². The number of ether oxygens (including phenoxy) is 1. The van der Waals surface area contributed by atoms with E-state index in [1.807, 2.05) is 0 Å². The molecule has 1 N–H and O–H groups in total. The fourth-order valence-corrected chi connectivity index (χ4v) is 3.14. The fraction of sp³-hybridized carbons (Fsp3) is 0.400. The lowest BCUT2D eigenvalue weighted by molar-refractivity contribution is -0.396. The average molecular weight is 401 g/mol. The molecule has 0 heterocycles. The monoisotopic (exact) mass is 401 g/mol. The highest BCUT2D eigenvalue weighted by Crippen LogP contribution is 2.28. The Morgan fingerprint density at radius 2 is 1.85 bits per heavy atom. The molecule has 0 saturated carbocycles. The third-order valence-corrected chi connectivity index (χ3v) is 4.50. The SMILES string of the molecule is CC(C)(C)OC(=O)C=CCNCS(=O)(=O)c1ccc([N+](=O)[O-])cc1[N+](=O)[O-]. The van der Waals surface area contributed by atoms with Crippen molar-refractivity contribution in [3.05, 3.63) is 50.6 Å². The van der Waals surface area contributed by atoms with Crippen LogP contribution in [0.15, 0.2) is 35.2 Å². The summed E-state index contributed by atoms with van der Waals surface area (Å²) in [4.78, 5) is 30.7. The maximum Gasteiger partial charge on any atom is 0.330 e. The average Bonchev–Trinajstić information content (AvgIpc) is 2.52. The third kappa shape index (κ3) is 7.11. The summed E-state index contributed by atoms with van der Waals surface area (Å²) >= 11 is 0. The smallest absolute Gasteiger partial charge is 0.330 e. The van der Waals surface area contributed by atoms with Crippen molar-refractivity contribution in [1.82, 2.24) is 5.32 Å². The molecular weight excluding hydrogens is 382 g/mol. The van der Waals surface area contributed by atoms with E-state index in [-0.39, 0.29) is 6.54 Å². The second kappa shape index (κ2) is 8.68. The van der Waals surface area contributed by atoms with Gasteiger partial charge < -0.3 is 4.74 Å². The molecule has 148 valence electrons. The van der Waals surface area contributed by atoms with Crippen molar-refractivity contribution in [3.8, 4) is 0 Å². The van der Waals surface area contributed by atoms with E-state index in [0.29, 0.717) is 6.07 Å². The van der Waals surface area contributed by atoms with Gasteiger partial charge >= 0.3 is 5.97 Å². The number of nitro groups is 2. The number of nitrogens with one attached hydrogen (secondary N) is 1. The zero-order valence-corrected chi connectivity index (χ0v) is 15.7. The van der Waals surface area contributed by atoms with Crippen LogP contribution < -0.4 is 5.32 Å². The Morgan fingerprint density at radius 3 is 2.37 bits per heavy atom. The third-order valence-electron chi connectivity index (χ3n) is 2.90. The number of nitro benzene ring substituents is 2. The van der Waals surface area contributed by atoms with Gasteiger partial charge in [0.2, 0.25) is 0 Å². The van der Waals surface area contributed by atoms with Crippen LogP contribution in [0.5, 0.6) is 0 Å². The van der Waals surface area contributed by atoms with Crippen molar-refractivity contribution in [1.29, 1.82) is 0 Å². The highest BCUT2D eigenvalue weighted by Gasteiger charge is 2.28. The van der Waals surface area contributed by atoms with Crippen LogP contribution >= 0.6 is 0 Å². The zero-order valence-electron chi connectivity index (χ0n) is 14.9. The summed E-state index contributed by atoms with van der Waals surface area (Å²) < 4.78 is 29.6. The number of nitrogens with zero attached hydrogens (tertiary/aromatic N) is 2. The van der Waals surface area contributed by atoms with Crippen LogP contribution in [-0.4, -0.2) is 42.3 Å². The van der Waals surface area contributed by atoms with Gasteiger partial charge in [0, 0.05) is 18.7 Å². The Balaban J connectivity index is 2.80. The Kier molecular flexibility index (Phi) is 7.13. The van der Waals surface area contributed by atoms with Crippen molar-refractivity contribution in [2.45, 2.75) is 31.3 Å². The molecule has 0 radical (unpaired) electrons. The van der Waals surface area contributed by atoms with E-state index in [9.17, 15) is 33.4 Å². The fourth-order valence-electron chi connectivity index (χ4n) is 1.87. The van der Waals surface area contributed by atoms with E-state index < -0.39 is 53.4 Å². The normalized spacial score (nSPS) is 12.1. The summed E-state index contributed by atoms with van der Waals surface area (Å²) in [6.45, 7) is 5.07. The molecule has 1 rings (SSSR count). The molecule has 0 aliphatic carbocycles. The number of non-ortho nitro benzene ring substituents is 1. The highest BCUT2D eigenvalue weighted by atomic mass is 32.2. The molecule has 1 aromatic rings. The quantitative estimate of drug-likeness (QED) is 0.225. The molecule has 12 heteroatoms. The summed E-state index contributed by atoms with van der Waals surface area (Å²) in [5, 5.41) is 24.2. The van der Waals surface area contributed by atoms with Crippen LogP contribution in [0.1, 0.15) is 20.8 Å². The summed E-state index contributed by atoms with van der Waals surface area (Å²) in [7, 11) is -4.13. The van der Waals surface area contributed by atoms with Gasteiger partial charge in [-0.3, -0.25) is 25.5 Å². The van der Waals surface area contributed by atoms with Crippen LogP contribution in [0.25, 0.3) is 0 Å². The van der Waals surface area contributed by atoms with Crippen LogP contribution in [0, 0.1) is 20.2 Å². The van der Waals surface area contributed by atoms with E-state index in [0.717, 1.165) is 18.2 Å². The number of benzene rings is 1. The molecule has 27 heavy (non-hydrogen) atoms. The van der Waals surface area contributed by atoms with E-state index in [4.69, 9.17) is 4.74 Å². The maximum atomic E-state index is 12.3. The minimum Gasteiger partial charge on any atom is -0.457 e. The van der Waals surface area contributed by atoms with Crippen molar-refractivity contribution >= 4 is 27.2 Å². The minimum atomic E-state index is -4.13. The van der Waals surface area contributed by atoms with E-state index >= 15 is 0 Å². The molecule has 0 unspecified atom stereocenters. The molecular formula is C15H19N3O8S. The number of carbonyl (C=O) groups is 1. The van der Waals surface area contributed by atoms with Gasteiger partial charge in [0.05, 0.1) is 15.9 Å². The first-order valence-corrected chi connectivity index (χ1v) is 9.24. The Labute approximate surface area is 155 Å². The van der Waals surface area contributed by atoms with Gasteiger partial charge in [0.1, 0.15) is 16.4 Å². The first kappa shape index (κ1) is 22.2. The molecule has 0 fully saturated rings. The van der Waals surface area contributed by atoms with Crippen molar-refractivity contribution in [3.63, 3.8) is 0 Å². The molecule has 0 spiro atoms. The lowest BCUT2D eigenvalue weighted by Crippen LogP contribution is -2.25. The van der Waals surface area contributed by atoms with E-state index in [1.54, 1.807) is 20.8 Å². The van der Waals surface area contributed by atoms with Crippen molar-refractivity contribution in [2.75, 3.05) is 12.4 Å². The second-order valence-electron chi connectivity index (χ2n) is 6.32. The van der Waals surface area contributed by atoms with Crippen molar-refractivity contribution in [2.24, 2.45) is 0 Å². The minimum absolute atomic E-state index is 0.0146. The molecule has 0 aliphatic rings. The first-order chi connectivity index (χ1) is 12.3. The number of hydrogen-bond donors (Lipinski definition) is 1. The molecule has 1 aromatic carbocycles. The van der Waals surface area contributed by atoms with Gasteiger partial charge in [-0.05, 0) is 26.8 Å². The lowest BCUT2D eigenvalue weighted by atomic mass is 10.2. The molecule has 0 amide bonds. The largest absolute Gasteiger partial charge is 0.457 e. The Hall–Kier alpha value is -2.86. The molecule has 0 aliphatic heterocycles. The number of esters is 1. The van der Waals surface area contributed by atoms with Crippen LogP contribution in [0.2, 0.25) is 0 Å². The first-order valence-electron chi connectivity index (χ1n) is 7.59. The van der Waals surface area contributed by atoms with Gasteiger partial charge in [0.25, 0.3) is 11.4 Å². The van der Waals surface area contributed by atoms with Gasteiger partial charge in [0.15, 0.2) is 9.84 Å². The summed E-state index contributed by atoms with van der Waals surface area (Å²) in [6, 6.07) is 2.29. The number of hydrogen-bond acceptors (Lipinski definition) is 9. The molecule has 11 nitrogen and oxygen atoms in total. The predicted molar refractivity (Wildman–Crippen MR) is 94.8 cm³/mol. The summed E-state index contributed by atoms with van der Waals surface area (Å²) in [5.74, 6) is -1.26. The number of rotatable bonds is 8. The second-order valence-corrected chi connectivity index (χ2v) is 8.27. The number of carbonyl (C=O) groups excluding carboxylic acids is 1. The maximum absolute atomic E-state index is 12.3. The van der Waals surface area contributed by atoms with Gasteiger partial charge in [-0.25, -0.2) is 13.2 Å². The van der Waals surface area contributed by atoms with Gasteiger partial charge in [-0.2, -0.15) is 0 Å². The molecule has 0 atom stereocenters. The Bertz CT molecular complexity index is 872. The zero-order chi connectivity index (χ0) is 20.8. The van der Waals surface area contributed by atoms with Crippen LogP contribution in [-0.2, 0) is 19.4 Å². The molecule has 0 bridgehead atoms. The highest BCUT2D eigenvalue weighted by molar-refractivity contribution is 7.91. The summed E-state index contributed by atoms with van der Waals surface area (Å²) in [5.41, 5.74) is -2.13. The van der Waals surface area contributed by atoms with Gasteiger partial charge in [-0.1, -0.05) is 6.08 Å². The topological polar surface area (TPSA) is 159 Å². The summed E-state index contributed by atoms with van der Waals surface area (Å²) in [6.07, 6.45) is 2.47. The lowest BCUT2D eigenvalue weighted by Gasteiger charge is -2.17. The van der Waals surface area contributed by atoms with E-state index in [1.165, 1.54) is 6.08 Å². The molecule has 0 saturated heterocycles.